The van der Waals surface area contributed by atoms with E-state index in [1.54, 1.807) is 14.2 Å². The molecule has 2 rings (SSSR count). The Kier molecular flexibility index (Phi) is 3.78. The number of hydrogen-bond donors (Lipinski definition) is 1. The highest BCUT2D eigenvalue weighted by Gasteiger charge is 2.33. The Bertz CT molecular complexity index is 458. The number of nitrogens with zero attached hydrogens (tertiary/aromatic N) is 1. The molecule has 1 aromatic rings. The summed E-state index contributed by atoms with van der Waals surface area (Å²) in [6, 6.07) is 4.09. The molecular formula is C15H24N2O2. The van der Waals surface area contributed by atoms with Crippen molar-refractivity contribution < 1.29 is 9.47 Å². The quantitative estimate of drug-likeness (QED) is 0.906. The second-order valence-electron chi connectivity index (χ2n) is 5.54. The Labute approximate surface area is 115 Å². The van der Waals surface area contributed by atoms with Crippen LogP contribution in [0.5, 0.6) is 11.5 Å². The smallest absolute Gasteiger partial charge is 0.162 e. The second kappa shape index (κ2) is 5.19. The molecule has 106 valence electrons. The van der Waals surface area contributed by atoms with Crippen molar-refractivity contribution >= 4 is 11.4 Å². The van der Waals surface area contributed by atoms with Gasteiger partial charge in [0.05, 0.1) is 31.1 Å². The average molecular weight is 264 g/mol. The van der Waals surface area contributed by atoms with Crippen LogP contribution < -0.4 is 19.7 Å². The molecule has 19 heavy (non-hydrogen) atoms. The summed E-state index contributed by atoms with van der Waals surface area (Å²) in [5.74, 6) is 1.55. The largest absolute Gasteiger partial charge is 0.493 e. The summed E-state index contributed by atoms with van der Waals surface area (Å²) in [4.78, 5) is 2.45. The number of rotatable bonds is 4. The van der Waals surface area contributed by atoms with Gasteiger partial charge in [-0.3, -0.25) is 0 Å². The van der Waals surface area contributed by atoms with Gasteiger partial charge < -0.3 is 19.7 Å². The monoisotopic (exact) mass is 264 g/mol. The number of hydrogen-bond acceptors (Lipinski definition) is 4. The third-order valence-corrected chi connectivity index (χ3v) is 3.68. The lowest BCUT2D eigenvalue weighted by Crippen LogP contribution is -2.52. The molecule has 1 aliphatic heterocycles. The van der Waals surface area contributed by atoms with Gasteiger partial charge in [-0.1, -0.05) is 6.92 Å². The molecule has 1 heterocycles. The van der Waals surface area contributed by atoms with E-state index in [0.29, 0.717) is 0 Å². The first-order valence-corrected chi connectivity index (χ1v) is 6.81. The molecule has 0 radical (unpaired) electrons. The van der Waals surface area contributed by atoms with E-state index in [-0.39, 0.29) is 5.54 Å². The molecule has 0 saturated carbocycles. The van der Waals surface area contributed by atoms with E-state index in [2.05, 4.69) is 37.1 Å². The average Bonchev–Trinajstić information content (AvgIpc) is 2.40. The van der Waals surface area contributed by atoms with Crippen LogP contribution in [0, 0.1) is 0 Å². The second-order valence-corrected chi connectivity index (χ2v) is 5.54. The van der Waals surface area contributed by atoms with Gasteiger partial charge in [0, 0.05) is 25.2 Å². The Balaban J connectivity index is 2.50. The van der Waals surface area contributed by atoms with E-state index in [1.165, 1.54) is 5.69 Å². The lowest BCUT2D eigenvalue weighted by Gasteiger charge is -2.45. The lowest BCUT2D eigenvalue weighted by molar-refractivity contribution is 0.354. The van der Waals surface area contributed by atoms with E-state index < -0.39 is 0 Å². The summed E-state index contributed by atoms with van der Waals surface area (Å²) < 4.78 is 10.8. The van der Waals surface area contributed by atoms with Gasteiger partial charge in [-0.25, -0.2) is 0 Å². The zero-order chi connectivity index (χ0) is 14.0. The molecule has 0 fully saturated rings. The maximum Gasteiger partial charge on any atom is 0.162 e. The molecule has 4 nitrogen and oxygen atoms in total. The molecule has 0 aliphatic carbocycles. The summed E-state index contributed by atoms with van der Waals surface area (Å²) >= 11 is 0. The third kappa shape index (κ3) is 2.44. The molecule has 0 bridgehead atoms. The molecule has 0 saturated heterocycles. The van der Waals surface area contributed by atoms with E-state index in [9.17, 15) is 0 Å². The van der Waals surface area contributed by atoms with E-state index in [1.807, 2.05) is 6.07 Å². The summed E-state index contributed by atoms with van der Waals surface area (Å²) in [5.41, 5.74) is 2.41. The number of benzene rings is 1. The van der Waals surface area contributed by atoms with Crippen LogP contribution in [0.25, 0.3) is 0 Å². The van der Waals surface area contributed by atoms with Crippen LogP contribution >= 0.6 is 0 Å². The van der Waals surface area contributed by atoms with Gasteiger partial charge in [-0.15, -0.1) is 0 Å². The highest BCUT2D eigenvalue weighted by atomic mass is 16.5. The predicted octanol–water partition coefficient (Wildman–Crippen LogP) is 3.12. The SMILES string of the molecule is CCCN1c2cc(OC)c(OC)cc2NCC1(C)C. The lowest BCUT2D eigenvalue weighted by atomic mass is 9.97. The molecule has 1 aromatic carbocycles. The highest BCUT2D eigenvalue weighted by Crippen LogP contribution is 2.43. The Hall–Kier alpha value is -1.58. The molecule has 0 amide bonds. The van der Waals surface area contributed by atoms with Crippen LogP contribution in [0.2, 0.25) is 0 Å². The summed E-state index contributed by atoms with van der Waals surface area (Å²) in [6.45, 7) is 8.69. The van der Waals surface area contributed by atoms with Crippen molar-refractivity contribution in [1.29, 1.82) is 0 Å². The van der Waals surface area contributed by atoms with Gasteiger partial charge in [0.2, 0.25) is 0 Å². The van der Waals surface area contributed by atoms with Gasteiger partial charge in [-0.05, 0) is 20.3 Å². The molecule has 1 aliphatic rings. The molecular weight excluding hydrogens is 240 g/mol. The fourth-order valence-electron chi connectivity index (χ4n) is 2.61. The van der Waals surface area contributed by atoms with Crippen LogP contribution in [0.4, 0.5) is 11.4 Å². The molecule has 1 N–H and O–H groups in total. The van der Waals surface area contributed by atoms with Crippen LogP contribution in [-0.2, 0) is 0 Å². The molecule has 0 aromatic heterocycles. The Morgan fingerprint density at radius 1 is 1.21 bits per heavy atom. The van der Waals surface area contributed by atoms with Gasteiger partial charge in [-0.2, -0.15) is 0 Å². The van der Waals surface area contributed by atoms with Crippen LogP contribution in [-0.4, -0.2) is 32.8 Å². The minimum Gasteiger partial charge on any atom is -0.493 e. The fraction of sp³-hybridized carbons (Fsp3) is 0.600. The minimum absolute atomic E-state index is 0.0998. The van der Waals surface area contributed by atoms with Gasteiger partial charge in [0.15, 0.2) is 11.5 Å². The zero-order valence-electron chi connectivity index (χ0n) is 12.5. The van der Waals surface area contributed by atoms with Crippen molar-refractivity contribution in [2.24, 2.45) is 0 Å². The first-order chi connectivity index (χ1) is 9.03. The van der Waals surface area contributed by atoms with Crippen LogP contribution in [0.15, 0.2) is 12.1 Å². The standard InChI is InChI=1S/C15H24N2O2/c1-6-7-17-12-9-14(19-5)13(18-4)8-11(12)16-10-15(17,2)3/h8-9,16H,6-7,10H2,1-5H3. The summed E-state index contributed by atoms with van der Waals surface area (Å²) in [7, 11) is 3.34. The van der Waals surface area contributed by atoms with E-state index in [0.717, 1.165) is 36.7 Å². The predicted molar refractivity (Wildman–Crippen MR) is 79.8 cm³/mol. The fourth-order valence-corrected chi connectivity index (χ4v) is 2.61. The molecule has 0 spiro atoms. The van der Waals surface area contributed by atoms with Crippen molar-refractivity contribution in [2.75, 3.05) is 37.5 Å². The zero-order valence-corrected chi connectivity index (χ0v) is 12.5. The molecule has 0 unspecified atom stereocenters. The molecule has 4 heteroatoms. The normalized spacial score (nSPS) is 16.6. The van der Waals surface area contributed by atoms with Crippen LogP contribution in [0.1, 0.15) is 27.2 Å². The van der Waals surface area contributed by atoms with E-state index in [4.69, 9.17) is 9.47 Å². The third-order valence-electron chi connectivity index (χ3n) is 3.68. The van der Waals surface area contributed by atoms with Crippen molar-refractivity contribution in [3.8, 4) is 11.5 Å². The van der Waals surface area contributed by atoms with Gasteiger partial charge in [0.1, 0.15) is 0 Å². The van der Waals surface area contributed by atoms with Gasteiger partial charge >= 0.3 is 0 Å². The Morgan fingerprint density at radius 2 is 1.84 bits per heavy atom. The number of methoxy groups -OCH3 is 2. The number of ether oxygens (including phenoxy) is 2. The highest BCUT2D eigenvalue weighted by molar-refractivity contribution is 5.78. The summed E-state index contributed by atoms with van der Waals surface area (Å²) in [5, 5.41) is 3.49. The van der Waals surface area contributed by atoms with Crippen molar-refractivity contribution in [1.82, 2.24) is 0 Å². The number of nitrogens with one attached hydrogen (secondary N) is 1. The summed E-state index contributed by atoms with van der Waals surface area (Å²) in [6.07, 6.45) is 1.12. The maximum atomic E-state index is 5.42. The number of anilines is 2. The van der Waals surface area contributed by atoms with Crippen molar-refractivity contribution in [3.63, 3.8) is 0 Å². The first kappa shape index (κ1) is 13.8. The first-order valence-electron chi connectivity index (χ1n) is 6.81. The van der Waals surface area contributed by atoms with Gasteiger partial charge in [0.25, 0.3) is 0 Å². The van der Waals surface area contributed by atoms with Crippen molar-refractivity contribution in [2.45, 2.75) is 32.7 Å². The number of fused-ring (bicyclic) bond motifs is 1. The van der Waals surface area contributed by atoms with Crippen molar-refractivity contribution in [3.05, 3.63) is 12.1 Å². The van der Waals surface area contributed by atoms with E-state index >= 15 is 0 Å². The topological polar surface area (TPSA) is 33.7 Å². The van der Waals surface area contributed by atoms with Crippen LogP contribution in [0.3, 0.4) is 0 Å². The maximum absolute atomic E-state index is 5.42. The Morgan fingerprint density at radius 3 is 2.42 bits per heavy atom. The minimum atomic E-state index is 0.0998. The molecule has 0 atom stereocenters.